The van der Waals surface area contributed by atoms with E-state index in [9.17, 15) is 8.42 Å². The fourth-order valence-electron chi connectivity index (χ4n) is 2.04. The zero-order valence-electron chi connectivity index (χ0n) is 12.3. The Labute approximate surface area is 141 Å². The van der Waals surface area contributed by atoms with Crippen molar-refractivity contribution in [2.45, 2.75) is 11.4 Å². The number of nitrogens with zero attached hydrogens (tertiary/aromatic N) is 2. The van der Waals surface area contributed by atoms with Crippen molar-refractivity contribution < 1.29 is 8.42 Å². The summed E-state index contributed by atoms with van der Waals surface area (Å²) in [4.78, 5) is 0.178. The van der Waals surface area contributed by atoms with Crippen LogP contribution < -0.4 is 0 Å². The molecular formula is C17H15ClN2O2S. The molecule has 4 nitrogen and oxygen atoms in total. The molecule has 0 unspecified atom stereocenters. The summed E-state index contributed by atoms with van der Waals surface area (Å²) in [5.74, 6) is 0. The van der Waals surface area contributed by atoms with Crippen molar-refractivity contribution >= 4 is 21.6 Å². The van der Waals surface area contributed by atoms with Gasteiger partial charge < -0.3 is 0 Å². The molecule has 0 N–H and O–H groups in total. The lowest BCUT2D eigenvalue weighted by molar-refractivity contribution is 0.438. The number of halogens is 1. The minimum Gasteiger partial charge on any atom is -0.207 e. The van der Waals surface area contributed by atoms with E-state index < -0.39 is 10.0 Å². The molecule has 0 saturated heterocycles. The van der Waals surface area contributed by atoms with Crippen LogP contribution >= 0.6 is 11.6 Å². The van der Waals surface area contributed by atoms with Gasteiger partial charge in [0.05, 0.1) is 16.5 Å². The molecule has 0 spiro atoms. The summed E-state index contributed by atoms with van der Waals surface area (Å²) >= 11 is 5.81. The lowest BCUT2D eigenvalue weighted by Crippen LogP contribution is -2.30. The maximum atomic E-state index is 12.7. The molecule has 118 valence electrons. The molecule has 0 radical (unpaired) electrons. The van der Waals surface area contributed by atoms with E-state index in [4.69, 9.17) is 16.9 Å². The van der Waals surface area contributed by atoms with Gasteiger partial charge in [0.25, 0.3) is 0 Å². The fraction of sp³-hybridized carbons (Fsp3) is 0.118. The molecule has 0 aliphatic carbocycles. The third-order valence-corrected chi connectivity index (χ3v) is 5.30. The molecule has 2 aromatic rings. The van der Waals surface area contributed by atoms with Crippen molar-refractivity contribution in [3.8, 4) is 6.07 Å². The molecule has 2 rings (SSSR count). The quantitative estimate of drug-likeness (QED) is 0.751. The molecule has 0 saturated carbocycles. The monoisotopic (exact) mass is 346 g/mol. The van der Waals surface area contributed by atoms with Gasteiger partial charge in [-0.25, -0.2) is 8.42 Å². The van der Waals surface area contributed by atoms with E-state index in [1.807, 2.05) is 6.07 Å². The molecule has 0 heterocycles. The highest BCUT2D eigenvalue weighted by atomic mass is 35.5. The first-order valence-electron chi connectivity index (χ1n) is 6.83. The molecule has 0 aromatic heterocycles. The van der Waals surface area contributed by atoms with Crippen molar-refractivity contribution in [2.75, 3.05) is 6.54 Å². The van der Waals surface area contributed by atoms with Crippen LogP contribution in [0.5, 0.6) is 0 Å². The SMILES string of the molecule is C=CCN(Cc1ccc(C#N)cc1)S(=O)(=O)c1ccc(Cl)cc1. The van der Waals surface area contributed by atoms with E-state index in [1.165, 1.54) is 22.5 Å². The van der Waals surface area contributed by atoms with E-state index >= 15 is 0 Å². The van der Waals surface area contributed by atoms with Crippen LogP contribution in [0, 0.1) is 11.3 Å². The van der Waals surface area contributed by atoms with Gasteiger partial charge in [0.1, 0.15) is 0 Å². The topological polar surface area (TPSA) is 61.2 Å². The van der Waals surface area contributed by atoms with Gasteiger partial charge in [-0.15, -0.1) is 6.58 Å². The Morgan fingerprint density at radius 2 is 1.74 bits per heavy atom. The molecule has 0 aliphatic heterocycles. The summed E-state index contributed by atoms with van der Waals surface area (Å²) in [7, 11) is -3.66. The van der Waals surface area contributed by atoms with E-state index in [1.54, 1.807) is 36.4 Å². The van der Waals surface area contributed by atoms with Gasteiger partial charge in [-0.2, -0.15) is 9.57 Å². The lowest BCUT2D eigenvalue weighted by atomic mass is 10.1. The highest BCUT2D eigenvalue weighted by molar-refractivity contribution is 7.89. The van der Waals surface area contributed by atoms with E-state index in [-0.39, 0.29) is 18.0 Å². The minimum absolute atomic E-state index is 0.178. The Morgan fingerprint density at radius 3 is 2.26 bits per heavy atom. The third kappa shape index (κ3) is 4.20. The highest BCUT2D eigenvalue weighted by Gasteiger charge is 2.23. The van der Waals surface area contributed by atoms with Crippen LogP contribution in [0.4, 0.5) is 0 Å². The molecule has 6 heteroatoms. The number of sulfonamides is 1. The molecular weight excluding hydrogens is 332 g/mol. The molecule has 0 atom stereocenters. The van der Waals surface area contributed by atoms with Gasteiger partial charge in [-0.1, -0.05) is 29.8 Å². The van der Waals surface area contributed by atoms with Crippen LogP contribution in [0.15, 0.2) is 66.1 Å². The van der Waals surface area contributed by atoms with Crippen LogP contribution in [-0.4, -0.2) is 19.3 Å². The predicted octanol–water partition coefficient (Wildman–Crippen LogP) is 3.59. The number of hydrogen-bond donors (Lipinski definition) is 0. The molecule has 0 fully saturated rings. The first-order valence-corrected chi connectivity index (χ1v) is 8.65. The maximum Gasteiger partial charge on any atom is 0.243 e. The van der Waals surface area contributed by atoms with Crippen molar-refractivity contribution in [3.63, 3.8) is 0 Å². The summed E-state index contributed by atoms with van der Waals surface area (Å²) in [5.41, 5.74) is 1.33. The average Bonchev–Trinajstić information content (AvgIpc) is 2.55. The second-order valence-corrected chi connectivity index (χ2v) is 7.22. The summed E-state index contributed by atoms with van der Waals surface area (Å²) < 4.78 is 26.8. The zero-order chi connectivity index (χ0) is 16.9. The number of nitriles is 1. The Balaban J connectivity index is 2.30. The van der Waals surface area contributed by atoms with Gasteiger partial charge in [0, 0.05) is 18.1 Å². The van der Waals surface area contributed by atoms with E-state index in [0.29, 0.717) is 10.6 Å². The molecule has 23 heavy (non-hydrogen) atoms. The van der Waals surface area contributed by atoms with Crippen molar-refractivity contribution in [3.05, 3.63) is 77.3 Å². The Hall–Kier alpha value is -2.13. The summed E-state index contributed by atoms with van der Waals surface area (Å²) in [6.45, 7) is 4.00. The first-order chi connectivity index (χ1) is 11.0. The molecule has 2 aromatic carbocycles. The van der Waals surface area contributed by atoms with Gasteiger partial charge >= 0.3 is 0 Å². The second kappa shape index (κ2) is 7.42. The second-order valence-electron chi connectivity index (χ2n) is 4.85. The average molecular weight is 347 g/mol. The Kier molecular flexibility index (Phi) is 5.56. The smallest absolute Gasteiger partial charge is 0.207 e. The maximum absolute atomic E-state index is 12.7. The van der Waals surface area contributed by atoms with Gasteiger partial charge in [0.15, 0.2) is 0 Å². The fourth-order valence-corrected chi connectivity index (χ4v) is 3.56. The first kappa shape index (κ1) is 17.2. The van der Waals surface area contributed by atoms with Crippen molar-refractivity contribution in [2.24, 2.45) is 0 Å². The summed E-state index contributed by atoms with van der Waals surface area (Å²) in [6, 6.07) is 14.9. The van der Waals surface area contributed by atoms with Crippen molar-refractivity contribution in [1.29, 1.82) is 5.26 Å². The standard InChI is InChI=1S/C17H15ClN2O2S/c1-2-11-20(13-15-5-3-14(12-19)4-6-15)23(21,22)17-9-7-16(18)8-10-17/h2-10H,1,11,13H2. The predicted molar refractivity (Wildman–Crippen MR) is 90.4 cm³/mol. The number of benzene rings is 2. The lowest BCUT2D eigenvalue weighted by Gasteiger charge is -2.21. The number of rotatable bonds is 6. The van der Waals surface area contributed by atoms with Gasteiger partial charge in [-0.3, -0.25) is 0 Å². The normalized spacial score (nSPS) is 11.2. The van der Waals surface area contributed by atoms with Crippen molar-refractivity contribution in [1.82, 2.24) is 4.31 Å². The summed E-state index contributed by atoms with van der Waals surface area (Å²) in [5, 5.41) is 9.29. The van der Waals surface area contributed by atoms with Crippen LogP contribution in [0.2, 0.25) is 5.02 Å². The van der Waals surface area contributed by atoms with Gasteiger partial charge in [0.2, 0.25) is 10.0 Å². The van der Waals surface area contributed by atoms with Crippen LogP contribution in [0.1, 0.15) is 11.1 Å². The minimum atomic E-state index is -3.66. The molecule has 0 amide bonds. The molecule has 0 bridgehead atoms. The van der Waals surface area contributed by atoms with Crippen LogP contribution in [0.3, 0.4) is 0 Å². The van der Waals surface area contributed by atoms with E-state index in [2.05, 4.69) is 6.58 Å². The van der Waals surface area contributed by atoms with Gasteiger partial charge in [-0.05, 0) is 42.0 Å². The van der Waals surface area contributed by atoms with E-state index in [0.717, 1.165) is 5.56 Å². The Bertz CT molecular complexity index is 822. The largest absolute Gasteiger partial charge is 0.243 e. The Morgan fingerprint density at radius 1 is 1.13 bits per heavy atom. The van der Waals surface area contributed by atoms with Crippen LogP contribution in [0.25, 0.3) is 0 Å². The zero-order valence-corrected chi connectivity index (χ0v) is 13.9. The highest BCUT2D eigenvalue weighted by Crippen LogP contribution is 2.20. The number of hydrogen-bond acceptors (Lipinski definition) is 3. The van der Waals surface area contributed by atoms with Crippen LogP contribution in [-0.2, 0) is 16.6 Å². The third-order valence-electron chi connectivity index (χ3n) is 3.23. The molecule has 0 aliphatic rings. The summed E-state index contributed by atoms with van der Waals surface area (Å²) in [6.07, 6.45) is 1.54.